The summed E-state index contributed by atoms with van der Waals surface area (Å²) in [5, 5.41) is 8.89. The number of benzene rings is 1. The second-order valence-electron chi connectivity index (χ2n) is 4.16. The second kappa shape index (κ2) is 3.81. The molecule has 0 spiro atoms. The lowest BCUT2D eigenvalue weighted by molar-refractivity contribution is -0.121. The molecule has 0 saturated heterocycles. The van der Waals surface area contributed by atoms with E-state index in [1.807, 2.05) is 6.07 Å². The number of amides is 1. The van der Waals surface area contributed by atoms with Crippen LogP contribution in [-0.2, 0) is 4.79 Å². The quantitative estimate of drug-likeness (QED) is 0.790. The molecule has 5 heteroatoms. The maximum atomic E-state index is 13.0. The molecule has 1 saturated carbocycles. The zero-order valence-corrected chi connectivity index (χ0v) is 9.20. The topological polar surface area (TPSA) is 44.1 Å². The first kappa shape index (κ1) is 11.5. The molecule has 2 rings (SSSR count). The molecular weight excluding hydrogens is 226 g/mol. The Kier molecular flexibility index (Phi) is 2.58. The number of hydrogen-bond acceptors (Lipinski definition) is 2. The summed E-state index contributed by atoms with van der Waals surface area (Å²) in [4.78, 5) is 13.1. The fraction of sp³-hybridized carbons (Fsp3) is 0.333. The molecule has 1 fully saturated rings. The van der Waals surface area contributed by atoms with Crippen LogP contribution in [0.2, 0.25) is 0 Å². The van der Waals surface area contributed by atoms with Crippen molar-refractivity contribution in [3.05, 3.63) is 29.8 Å². The summed E-state index contributed by atoms with van der Waals surface area (Å²) >= 11 is 0. The molecule has 1 aromatic rings. The standard InChI is InChI=1S/C12H10F2N2O/c1-16(11(17)12(7-15)4-5-12)8-2-3-9(13)10(14)6-8/h2-3,6H,4-5H2,1H3. The van der Waals surface area contributed by atoms with Gasteiger partial charge in [-0.1, -0.05) is 0 Å². The van der Waals surface area contributed by atoms with Gasteiger partial charge >= 0.3 is 0 Å². The number of hydrogen-bond donors (Lipinski definition) is 0. The van der Waals surface area contributed by atoms with Crippen LogP contribution in [0.3, 0.4) is 0 Å². The van der Waals surface area contributed by atoms with E-state index in [4.69, 9.17) is 5.26 Å². The van der Waals surface area contributed by atoms with Crippen LogP contribution in [0.4, 0.5) is 14.5 Å². The second-order valence-corrected chi connectivity index (χ2v) is 4.16. The highest BCUT2D eigenvalue weighted by atomic mass is 19.2. The highest BCUT2D eigenvalue weighted by Crippen LogP contribution is 2.46. The molecule has 1 aliphatic rings. The summed E-state index contributed by atoms with van der Waals surface area (Å²) in [6.07, 6.45) is 1.05. The lowest BCUT2D eigenvalue weighted by atomic mass is 10.1. The van der Waals surface area contributed by atoms with E-state index in [9.17, 15) is 13.6 Å². The van der Waals surface area contributed by atoms with Gasteiger partial charge in [-0.3, -0.25) is 4.79 Å². The number of halogens is 2. The van der Waals surface area contributed by atoms with Crippen LogP contribution in [0.15, 0.2) is 18.2 Å². The van der Waals surface area contributed by atoms with Crippen molar-refractivity contribution in [2.75, 3.05) is 11.9 Å². The van der Waals surface area contributed by atoms with Gasteiger partial charge in [0.25, 0.3) is 0 Å². The first-order chi connectivity index (χ1) is 8.00. The maximum absolute atomic E-state index is 13.0. The smallest absolute Gasteiger partial charge is 0.247 e. The van der Waals surface area contributed by atoms with E-state index in [0.717, 1.165) is 12.1 Å². The molecule has 3 nitrogen and oxygen atoms in total. The Bertz CT molecular complexity index is 518. The zero-order valence-electron chi connectivity index (χ0n) is 9.20. The number of anilines is 1. The molecule has 1 amide bonds. The van der Waals surface area contributed by atoms with Gasteiger partial charge in [0.1, 0.15) is 5.41 Å². The molecule has 17 heavy (non-hydrogen) atoms. The minimum atomic E-state index is -1.01. The predicted octanol–water partition coefficient (Wildman–Crippen LogP) is 2.23. The van der Waals surface area contributed by atoms with Crippen molar-refractivity contribution in [2.45, 2.75) is 12.8 Å². The Balaban J connectivity index is 2.26. The first-order valence-electron chi connectivity index (χ1n) is 5.15. The lowest BCUT2D eigenvalue weighted by Crippen LogP contribution is -2.33. The van der Waals surface area contributed by atoms with Crippen LogP contribution in [0.25, 0.3) is 0 Å². The summed E-state index contributed by atoms with van der Waals surface area (Å²) in [7, 11) is 1.45. The van der Waals surface area contributed by atoms with Crippen LogP contribution >= 0.6 is 0 Å². The molecule has 0 bridgehead atoms. The summed E-state index contributed by atoms with van der Waals surface area (Å²) in [6.45, 7) is 0. The normalized spacial score (nSPS) is 16.1. The van der Waals surface area contributed by atoms with E-state index < -0.39 is 17.0 Å². The molecule has 0 heterocycles. The molecule has 1 aliphatic carbocycles. The fourth-order valence-corrected chi connectivity index (χ4v) is 1.63. The van der Waals surface area contributed by atoms with Crippen LogP contribution in [-0.4, -0.2) is 13.0 Å². The predicted molar refractivity (Wildman–Crippen MR) is 57.0 cm³/mol. The van der Waals surface area contributed by atoms with Gasteiger partial charge in [0.05, 0.1) is 6.07 Å². The Labute approximate surface area is 97.3 Å². The third-order valence-corrected chi connectivity index (χ3v) is 2.97. The van der Waals surface area contributed by atoms with E-state index in [0.29, 0.717) is 12.8 Å². The Morgan fingerprint density at radius 3 is 2.53 bits per heavy atom. The van der Waals surface area contributed by atoms with E-state index >= 15 is 0 Å². The number of rotatable bonds is 2. The third kappa shape index (κ3) is 1.86. The van der Waals surface area contributed by atoms with Gasteiger partial charge in [0.2, 0.25) is 5.91 Å². The molecule has 0 atom stereocenters. The van der Waals surface area contributed by atoms with Gasteiger partial charge in [-0.15, -0.1) is 0 Å². The maximum Gasteiger partial charge on any atom is 0.247 e. The van der Waals surface area contributed by atoms with Crippen LogP contribution in [0, 0.1) is 28.4 Å². The van der Waals surface area contributed by atoms with Crippen LogP contribution in [0.5, 0.6) is 0 Å². The van der Waals surface area contributed by atoms with Gasteiger partial charge in [0.15, 0.2) is 11.6 Å². The van der Waals surface area contributed by atoms with Crippen molar-refractivity contribution in [3.63, 3.8) is 0 Å². The van der Waals surface area contributed by atoms with Crippen molar-refractivity contribution in [3.8, 4) is 6.07 Å². The van der Waals surface area contributed by atoms with Gasteiger partial charge < -0.3 is 4.90 Å². The molecule has 0 aromatic heterocycles. The Morgan fingerprint density at radius 2 is 2.06 bits per heavy atom. The number of nitrogens with zero attached hydrogens (tertiary/aromatic N) is 2. The molecule has 1 aromatic carbocycles. The SMILES string of the molecule is CN(C(=O)C1(C#N)CC1)c1ccc(F)c(F)c1. The molecule has 88 valence electrons. The van der Waals surface area contributed by atoms with Gasteiger partial charge in [-0.25, -0.2) is 8.78 Å². The average Bonchev–Trinajstić information content (AvgIpc) is 3.12. The van der Waals surface area contributed by atoms with Crippen molar-refractivity contribution >= 4 is 11.6 Å². The highest BCUT2D eigenvalue weighted by Gasteiger charge is 2.52. The highest BCUT2D eigenvalue weighted by molar-refractivity contribution is 6.00. The Morgan fingerprint density at radius 1 is 1.41 bits per heavy atom. The Hall–Kier alpha value is -1.96. The van der Waals surface area contributed by atoms with Crippen LogP contribution < -0.4 is 4.90 Å². The van der Waals surface area contributed by atoms with Gasteiger partial charge in [0, 0.05) is 18.8 Å². The van der Waals surface area contributed by atoms with Crippen molar-refractivity contribution in [2.24, 2.45) is 5.41 Å². The third-order valence-electron chi connectivity index (χ3n) is 2.97. The van der Waals surface area contributed by atoms with Gasteiger partial charge in [-0.05, 0) is 25.0 Å². The van der Waals surface area contributed by atoms with Crippen LogP contribution in [0.1, 0.15) is 12.8 Å². The lowest BCUT2D eigenvalue weighted by Gasteiger charge is -2.19. The number of carbonyl (C=O) groups is 1. The number of carbonyl (C=O) groups excluding carboxylic acids is 1. The number of nitriles is 1. The first-order valence-corrected chi connectivity index (χ1v) is 5.15. The monoisotopic (exact) mass is 236 g/mol. The van der Waals surface area contributed by atoms with Crippen molar-refractivity contribution in [1.82, 2.24) is 0 Å². The minimum Gasteiger partial charge on any atom is -0.314 e. The summed E-state index contributed by atoms with van der Waals surface area (Å²) in [5.74, 6) is -2.34. The molecular formula is C12H10F2N2O. The molecule has 0 unspecified atom stereocenters. The fourth-order valence-electron chi connectivity index (χ4n) is 1.63. The minimum absolute atomic E-state index is 0.246. The largest absolute Gasteiger partial charge is 0.314 e. The van der Waals surface area contributed by atoms with Crippen molar-refractivity contribution in [1.29, 1.82) is 5.26 Å². The van der Waals surface area contributed by atoms with E-state index in [2.05, 4.69) is 0 Å². The summed E-state index contributed by atoms with van der Waals surface area (Å²) in [5.41, 5.74) is -0.713. The summed E-state index contributed by atoms with van der Waals surface area (Å²) in [6, 6.07) is 5.18. The molecule has 0 radical (unpaired) electrons. The van der Waals surface area contributed by atoms with E-state index in [1.165, 1.54) is 18.0 Å². The average molecular weight is 236 g/mol. The van der Waals surface area contributed by atoms with Crippen molar-refractivity contribution < 1.29 is 13.6 Å². The van der Waals surface area contributed by atoms with Gasteiger partial charge in [-0.2, -0.15) is 5.26 Å². The summed E-state index contributed by atoms with van der Waals surface area (Å²) < 4.78 is 25.8. The van der Waals surface area contributed by atoms with E-state index in [1.54, 1.807) is 0 Å². The molecule has 0 N–H and O–H groups in total. The molecule has 0 aliphatic heterocycles. The van der Waals surface area contributed by atoms with E-state index in [-0.39, 0.29) is 11.6 Å². The zero-order chi connectivity index (χ0) is 12.6.